The van der Waals surface area contributed by atoms with Gasteiger partial charge in [0.25, 0.3) is 0 Å². The molecule has 0 bridgehead atoms. The summed E-state index contributed by atoms with van der Waals surface area (Å²) >= 11 is 0. The lowest BCUT2D eigenvalue weighted by atomic mass is 9.87. The van der Waals surface area contributed by atoms with Crippen LogP contribution in [-0.4, -0.2) is 11.9 Å². The van der Waals surface area contributed by atoms with Crippen LogP contribution in [0.25, 0.3) is 22.4 Å². The quantitative estimate of drug-likeness (QED) is 0.0969. The van der Waals surface area contributed by atoms with E-state index in [1.165, 1.54) is 5.56 Å². The number of carbonyl (C=O) groups is 2. The fourth-order valence-electron chi connectivity index (χ4n) is 4.89. The lowest BCUT2D eigenvalue weighted by Gasteiger charge is -2.28. The van der Waals surface area contributed by atoms with Crippen molar-refractivity contribution in [3.63, 3.8) is 0 Å². The van der Waals surface area contributed by atoms with Crippen molar-refractivity contribution in [3.05, 3.63) is 126 Å². The van der Waals surface area contributed by atoms with Gasteiger partial charge in [0.15, 0.2) is 0 Å². The second-order valence-corrected chi connectivity index (χ2v) is 9.72. The molecule has 0 fully saturated rings. The molecule has 5 nitrogen and oxygen atoms in total. The molecule has 0 aromatic heterocycles. The number of nitrogens with zero attached hydrogens (tertiary/aromatic N) is 1. The highest BCUT2D eigenvalue weighted by Crippen LogP contribution is 2.43. The second kappa shape index (κ2) is 11.4. The zero-order valence-corrected chi connectivity index (χ0v) is 23.3. The van der Waals surface area contributed by atoms with E-state index in [9.17, 15) is 9.59 Å². The molecule has 0 saturated heterocycles. The van der Waals surface area contributed by atoms with Gasteiger partial charge in [-0.2, -0.15) is 0 Å². The molecule has 4 aromatic carbocycles. The topological polar surface area (TPSA) is 55.8 Å². The first-order valence-electron chi connectivity index (χ1n) is 13.3. The lowest BCUT2D eigenvalue weighted by Crippen LogP contribution is -2.12. The summed E-state index contributed by atoms with van der Waals surface area (Å²) < 4.78 is 10.7. The van der Waals surface area contributed by atoms with Gasteiger partial charge in [0.2, 0.25) is 0 Å². The van der Waals surface area contributed by atoms with Gasteiger partial charge in [-0.25, -0.2) is 9.59 Å². The Bertz CT molecular complexity index is 1810. The van der Waals surface area contributed by atoms with Crippen LogP contribution in [0.2, 0.25) is 0 Å². The predicted molar refractivity (Wildman–Crippen MR) is 165 cm³/mol. The van der Waals surface area contributed by atoms with Gasteiger partial charge in [0.05, 0.1) is 5.69 Å². The van der Waals surface area contributed by atoms with Crippen LogP contribution in [-0.2, 0) is 9.59 Å². The van der Waals surface area contributed by atoms with Gasteiger partial charge in [-0.05, 0) is 97.5 Å². The van der Waals surface area contributed by atoms with E-state index in [1.54, 1.807) is 31.2 Å². The molecule has 0 spiro atoms. The first-order valence-corrected chi connectivity index (χ1v) is 13.3. The average molecular weight is 540 g/mol. The summed E-state index contributed by atoms with van der Waals surface area (Å²) in [6.07, 6.45) is 3.95. The van der Waals surface area contributed by atoms with Crippen molar-refractivity contribution in [3.8, 4) is 11.5 Å². The molecule has 0 unspecified atom stereocenters. The molecular formula is C36H29NO4. The number of hydrogen-bond acceptors (Lipinski definition) is 5. The molecule has 41 heavy (non-hydrogen) atoms. The van der Waals surface area contributed by atoms with Crippen LogP contribution in [0, 0.1) is 6.92 Å². The van der Waals surface area contributed by atoms with Gasteiger partial charge in [0, 0.05) is 39.5 Å². The minimum absolute atomic E-state index is 0.326. The molecule has 4 aromatic rings. The molecule has 0 heterocycles. The number of hydrogen-bond donors (Lipinski definition) is 0. The first-order chi connectivity index (χ1) is 19.8. The fraction of sp³-hybridized carbons (Fsp3) is 0.111. The van der Waals surface area contributed by atoms with Crippen molar-refractivity contribution >= 4 is 51.4 Å². The van der Waals surface area contributed by atoms with Crippen molar-refractivity contribution in [1.82, 2.24) is 0 Å². The van der Waals surface area contributed by atoms with Crippen molar-refractivity contribution < 1.29 is 19.1 Å². The summed E-state index contributed by atoms with van der Waals surface area (Å²) in [5.41, 5.74) is 14.1. The third-order valence-corrected chi connectivity index (χ3v) is 6.88. The van der Waals surface area contributed by atoms with Crippen LogP contribution in [0.3, 0.4) is 0 Å². The largest absolute Gasteiger partial charge is 0.423 e. The van der Waals surface area contributed by atoms with Gasteiger partial charge in [-0.3, -0.25) is 0 Å². The van der Waals surface area contributed by atoms with E-state index < -0.39 is 11.9 Å². The number of rotatable bonds is 8. The maximum atomic E-state index is 12.1. The Hall–Kier alpha value is -5.34. The van der Waals surface area contributed by atoms with Crippen molar-refractivity contribution in [2.24, 2.45) is 0 Å². The van der Waals surface area contributed by atoms with E-state index in [-0.39, 0.29) is 0 Å². The van der Waals surface area contributed by atoms with E-state index in [0.29, 0.717) is 17.1 Å². The van der Waals surface area contributed by atoms with Crippen LogP contribution < -0.4 is 14.4 Å². The number of benzene rings is 4. The Morgan fingerprint density at radius 2 is 1.54 bits per heavy atom. The van der Waals surface area contributed by atoms with Crippen LogP contribution in [0.1, 0.15) is 37.0 Å². The Morgan fingerprint density at radius 3 is 2.12 bits per heavy atom. The molecule has 0 amide bonds. The van der Waals surface area contributed by atoms with Crippen LogP contribution in [0.5, 0.6) is 11.5 Å². The number of fused-ring (bicyclic) bond motifs is 3. The van der Waals surface area contributed by atoms with Gasteiger partial charge in [-0.1, -0.05) is 49.7 Å². The third-order valence-electron chi connectivity index (χ3n) is 6.88. The highest BCUT2D eigenvalue weighted by Gasteiger charge is 2.21. The highest BCUT2D eigenvalue weighted by atomic mass is 16.5. The summed E-state index contributed by atoms with van der Waals surface area (Å²) in [7, 11) is 0. The molecule has 1 aliphatic rings. The maximum absolute atomic E-state index is 12.1. The molecule has 0 radical (unpaired) electrons. The Balaban J connectivity index is 1.68. The zero-order chi connectivity index (χ0) is 29.1. The van der Waals surface area contributed by atoms with E-state index >= 15 is 0 Å². The monoisotopic (exact) mass is 539 g/mol. The van der Waals surface area contributed by atoms with Crippen LogP contribution in [0.4, 0.5) is 17.1 Å². The number of ether oxygens (including phenoxy) is 2. The number of aryl methyl sites for hydroxylation is 1. The SMILES string of the molecule is C=CC(=O)Oc1ccc(N(c2ccc(OC(=O)C(=C)C)cc2)c2ccc(C)c3c4c(ccc23)C=C=C=C4CC)cc1. The number of anilines is 3. The molecular weight excluding hydrogens is 510 g/mol. The third kappa shape index (κ3) is 5.41. The average Bonchev–Trinajstić information content (AvgIpc) is 2.99. The number of allylic oxidation sites excluding steroid dienone is 1. The molecule has 202 valence electrons. The van der Waals surface area contributed by atoms with E-state index in [1.807, 2.05) is 30.3 Å². The van der Waals surface area contributed by atoms with Crippen molar-refractivity contribution in [2.75, 3.05) is 4.90 Å². The summed E-state index contributed by atoms with van der Waals surface area (Å²) in [6, 6.07) is 23.1. The van der Waals surface area contributed by atoms with Crippen LogP contribution in [0.15, 0.2) is 109 Å². The van der Waals surface area contributed by atoms with Crippen molar-refractivity contribution in [2.45, 2.75) is 27.2 Å². The molecule has 5 heteroatoms. The lowest BCUT2D eigenvalue weighted by molar-refractivity contribution is -0.130. The fourth-order valence-corrected chi connectivity index (χ4v) is 4.89. The molecule has 5 rings (SSSR count). The van der Waals surface area contributed by atoms with Gasteiger partial charge in [0.1, 0.15) is 11.5 Å². The summed E-state index contributed by atoms with van der Waals surface area (Å²) in [6.45, 7) is 13.0. The molecule has 0 aliphatic heterocycles. The van der Waals surface area contributed by atoms with Gasteiger partial charge >= 0.3 is 11.9 Å². The first kappa shape index (κ1) is 27.2. The minimum Gasteiger partial charge on any atom is -0.423 e. The number of carbonyl (C=O) groups excluding carboxylic acids is 2. The van der Waals surface area contributed by atoms with E-state index in [0.717, 1.165) is 57.0 Å². The van der Waals surface area contributed by atoms with E-state index in [2.05, 4.69) is 67.6 Å². The van der Waals surface area contributed by atoms with Crippen LogP contribution >= 0.6 is 0 Å². The summed E-state index contributed by atoms with van der Waals surface area (Å²) in [4.78, 5) is 25.9. The molecule has 0 N–H and O–H groups in total. The number of esters is 2. The predicted octanol–water partition coefficient (Wildman–Crippen LogP) is 8.77. The summed E-state index contributed by atoms with van der Waals surface area (Å²) in [5, 5.41) is 2.24. The molecule has 0 saturated carbocycles. The second-order valence-electron chi connectivity index (χ2n) is 9.72. The van der Waals surface area contributed by atoms with Gasteiger partial charge < -0.3 is 14.4 Å². The Kier molecular flexibility index (Phi) is 7.58. The standard InChI is InChI=1S/C36H29NO4/c1-6-25-9-8-10-26-12-21-31-32(22-11-24(5)34(31)35(25)26)37(27-13-17-29(18-14-27)40-33(38)7-2)28-15-19-30(20-16-28)41-36(39)23(3)4/h7,10-22H,2-3,6H2,1,4-5H3. The maximum Gasteiger partial charge on any atom is 0.338 e. The molecule has 1 aliphatic carbocycles. The smallest absolute Gasteiger partial charge is 0.338 e. The van der Waals surface area contributed by atoms with Gasteiger partial charge in [-0.15, -0.1) is 0 Å². The Labute approximate surface area is 239 Å². The minimum atomic E-state index is -0.522. The highest BCUT2D eigenvalue weighted by molar-refractivity contribution is 6.07. The molecule has 0 atom stereocenters. The normalized spacial score (nSPS) is 11.4. The Morgan fingerprint density at radius 1 is 0.902 bits per heavy atom. The van der Waals surface area contributed by atoms with Crippen molar-refractivity contribution in [1.29, 1.82) is 0 Å². The summed E-state index contributed by atoms with van der Waals surface area (Å²) in [5.74, 6) is -0.157. The van der Waals surface area contributed by atoms with E-state index in [4.69, 9.17) is 9.47 Å². The zero-order valence-electron chi connectivity index (χ0n) is 23.3.